The van der Waals surface area contributed by atoms with Crippen LogP contribution in [0.1, 0.15) is 207 Å². The van der Waals surface area contributed by atoms with Gasteiger partial charge in [0, 0.05) is 11.1 Å². The molecule has 5 nitrogen and oxygen atoms in total. The average molecular weight is 663 g/mol. The van der Waals surface area contributed by atoms with Crippen LogP contribution in [0.4, 0.5) is 0 Å². The molecule has 0 aliphatic rings. The first-order valence-corrected chi connectivity index (χ1v) is 20.3. The van der Waals surface area contributed by atoms with Gasteiger partial charge in [-0.15, -0.1) is 0 Å². The molecule has 0 saturated heterocycles. The van der Waals surface area contributed by atoms with Crippen molar-refractivity contribution in [1.82, 2.24) is 0 Å². The minimum Gasteiger partial charge on any atom is -0.347 e. The SMILES string of the molecule is CCCCCCCCC=C(C=O)C(CCCCCCCC)OCOCOC(CCCCCCCC)C(C=O)=CCCCCCCCC. The Morgan fingerprint density at radius 2 is 0.723 bits per heavy atom. The molecule has 0 amide bonds. The normalized spacial score (nSPS) is 13.6. The van der Waals surface area contributed by atoms with E-state index in [2.05, 4.69) is 39.8 Å². The van der Waals surface area contributed by atoms with E-state index < -0.39 is 0 Å². The van der Waals surface area contributed by atoms with Crippen molar-refractivity contribution >= 4 is 12.6 Å². The first-order valence-electron chi connectivity index (χ1n) is 20.3. The largest absolute Gasteiger partial charge is 0.347 e. The van der Waals surface area contributed by atoms with Crippen LogP contribution in [0, 0.1) is 0 Å². The Hall–Kier alpha value is -1.30. The zero-order valence-electron chi connectivity index (χ0n) is 31.7. The Morgan fingerprint density at radius 3 is 1.04 bits per heavy atom. The van der Waals surface area contributed by atoms with E-state index in [9.17, 15) is 9.59 Å². The Bertz CT molecular complexity index is 671. The molecule has 0 N–H and O–H groups in total. The number of ether oxygens (including phenoxy) is 3. The van der Waals surface area contributed by atoms with E-state index >= 15 is 0 Å². The van der Waals surface area contributed by atoms with Crippen molar-refractivity contribution in [3.63, 3.8) is 0 Å². The summed E-state index contributed by atoms with van der Waals surface area (Å²) in [6, 6.07) is 0. The van der Waals surface area contributed by atoms with E-state index in [4.69, 9.17) is 14.2 Å². The van der Waals surface area contributed by atoms with Crippen LogP contribution >= 0.6 is 0 Å². The van der Waals surface area contributed by atoms with Crippen LogP contribution in [-0.2, 0) is 23.8 Å². The van der Waals surface area contributed by atoms with Gasteiger partial charge in [0.15, 0.2) is 0 Å². The van der Waals surface area contributed by atoms with Crippen LogP contribution in [0.5, 0.6) is 0 Å². The minimum atomic E-state index is -0.250. The van der Waals surface area contributed by atoms with Gasteiger partial charge in [-0.05, 0) is 38.5 Å². The lowest BCUT2D eigenvalue weighted by atomic mass is 10.0. The van der Waals surface area contributed by atoms with E-state index in [0.717, 1.165) is 87.9 Å². The smallest absolute Gasteiger partial charge is 0.150 e. The number of aldehydes is 2. The van der Waals surface area contributed by atoms with Gasteiger partial charge in [-0.1, -0.05) is 181 Å². The number of carbonyl (C=O) groups is 2. The van der Waals surface area contributed by atoms with Gasteiger partial charge < -0.3 is 14.2 Å². The number of allylic oxidation sites excluding steroid dienone is 2. The van der Waals surface area contributed by atoms with E-state index in [1.54, 1.807) is 0 Å². The summed E-state index contributed by atoms with van der Waals surface area (Å²) < 4.78 is 18.2. The van der Waals surface area contributed by atoms with Crippen molar-refractivity contribution in [3.8, 4) is 0 Å². The molecule has 47 heavy (non-hydrogen) atoms. The molecular formula is C42H78O5. The second-order valence-electron chi connectivity index (χ2n) is 13.6. The number of unbranched alkanes of at least 4 members (excludes halogenated alkanes) is 22. The third-order valence-corrected chi connectivity index (χ3v) is 9.24. The summed E-state index contributed by atoms with van der Waals surface area (Å²) >= 11 is 0. The highest BCUT2D eigenvalue weighted by molar-refractivity contribution is 5.75. The summed E-state index contributed by atoms with van der Waals surface area (Å²) in [6.07, 6.45) is 38.5. The molecule has 5 heteroatoms. The van der Waals surface area contributed by atoms with Crippen molar-refractivity contribution in [2.45, 2.75) is 220 Å². The minimum absolute atomic E-state index is 0.0737. The summed E-state index contributed by atoms with van der Waals surface area (Å²) in [6.45, 7) is 9.11. The van der Waals surface area contributed by atoms with Crippen molar-refractivity contribution in [1.29, 1.82) is 0 Å². The Kier molecular flexibility index (Phi) is 36.5. The molecule has 2 unspecified atom stereocenters. The molecule has 0 bridgehead atoms. The maximum atomic E-state index is 12.1. The molecule has 2 atom stereocenters. The molecule has 276 valence electrons. The summed E-state index contributed by atoms with van der Waals surface area (Å²) in [4.78, 5) is 24.2. The Labute approximate surface area is 292 Å². The van der Waals surface area contributed by atoms with Crippen LogP contribution < -0.4 is 0 Å². The molecule has 0 aromatic rings. The second kappa shape index (κ2) is 37.5. The molecule has 0 aliphatic heterocycles. The summed E-state index contributed by atoms with van der Waals surface area (Å²) in [7, 11) is 0. The van der Waals surface area contributed by atoms with Crippen LogP contribution in [-0.4, -0.2) is 38.4 Å². The summed E-state index contributed by atoms with van der Waals surface area (Å²) in [5.74, 6) is 0. The van der Waals surface area contributed by atoms with Gasteiger partial charge in [0.1, 0.15) is 26.2 Å². The molecule has 0 aromatic heterocycles. The molecule has 0 heterocycles. The number of carbonyl (C=O) groups excluding carboxylic acids is 2. The predicted molar refractivity (Wildman–Crippen MR) is 201 cm³/mol. The molecular weight excluding hydrogens is 584 g/mol. The third kappa shape index (κ3) is 29.3. The standard InChI is InChI=1S/C42H78O5/c1-5-9-13-17-21-23-27-31-39(35-43)41(33-29-25-19-15-11-7-3)46-37-45-38-47-42(34-30-26-20-16-12-8-4)40(36-44)32-28-24-22-18-14-10-6-2/h31-32,35-36,41-42H,5-30,33-34,37-38H2,1-4H3. The van der Waals surface area contributed by atoms with Gasteiger partial charge in [0.25, 0.3) is 0 Å². The zero-order valence-corrected chi connectivity index (χ0v) is 31.7. The fourth-order valence-corrected chi connectivity index (χ4v) is 6.10. The van der Waals surface area contributed by atoms with Crippen molar-refractivity contribution in [3.05, 3.63) is 23.3 Å². The monoisotopic (exact) mass is 663 g/mol. The maximum Gasteiger partial charge on any atom is 0.150 e. The Balaban J connectivity index is 5.04. The quantitative estimate of drug-likeness (QED) is 0.0285. The van der Waals surface area contributed by atoms with Crippen LogP contribution in [0.15, 0.2) is 23.3 Å². The van der Waals surface area contributed by atoms with Crippen molar-refractivity contribution < 1.29 is 23.8 Å². The van der Waals surface area contributed by atoms with Gasteiger partial charge in [-0.25, -0.2) is 0 Å². The molecule has 0 spiro atoms. The molecule has 0 fully saturated rings. The first-order chi connectivity index (χ1) is 23.2. The lowest BCUT2D eigenvalue weighted by molar-refractivity contribution is -0.157. The highest BCUT2D eigenvalue weighted by Crippen LogP contribution is 2.20. The first kappa shape index (κ1) is 45.7. The molecule has 0 aromatic carbocycles. The lowest BCUT2D eigenvalue weighted by Crippen LogP contribution is -2.22. The van der Waals surface area contributed by atoms with E-state index in [-0.39, 0.29) is 25.8 Å². The average Bonchev–Trinajstić information content (AvgIpc) is 3.08. The van der Waals surface area contributed by atoms with E-state index in [1.165, 1.54) is 116 Å². The van der Waals surface area contributed by atoms with Gasteiger partial charge >= 0.3 is 0 Å². The Morgan fingerprint density at radius 1 is 0.426 bits per heavy atom. The van der Waals surface area contributed by atoms with Crippen molar-refractivity contribution in [2.75, 3.05) is 13.6 Å². The highest BCUT2D eigenvalue weighted by atomic mass is 16.7. The van der Waals surface area contributed by atoms with Gasteiger partial charge in [-0.3, -0.25) is 9.59 Å². The predicted octanol–water partition coefficient (Wildman–Crippen LogP) is 12.9. The van der Waals surface area contributed by atoms with Gasteiger partial charge in [0.05, 0.1) is 12.2 Å². The number of hydrogen-bond acceptors (Lipinski definition) is 5. The van der Waals surface area contributed by atoms with E-state index in [1.807, 2.05) is 0 Å². The van der Waals surface area contributed by atoms with Gasteiger partial charge in [-0.2, -0.15) is 0 Å². The van der Waals surface area contributed by atoms with Gasteiger partial charge in [0.2, 0.25) is 0 Å². The van der Waals surface area contributed by atoms with Crippen LogP contribution in [0.3, 0.4) is 0 Å². The fourth-order valence-electron chi connectivity index (χ4n) is 6.10. The lowest BCUT2D eigenvalue weighted by Gasteiger charge is -2.21. The number of rotatable bonds is 38. The van der Waals surface area contributed by atoms with E-state index in [0.29, 0.717) is 0 Å². The number of hydrogen-bond donors (Lipinski definition) is 0. The zero-order chi connectivity index (χ0) is 34.5. The maximum absolute atomic E-state index is 12.1. The highest BCUT2D eigenvalue weighted by Gasteiger charge is 2.17. The fraction of sp³-hybridized carbons (Fsp3) is 0.857. The second-order valence-corrected chi connectivity index (χ2v) is 13.6. The summed E-state index contributed by atoms with van der Waals surface area (Å²) in [5, 5.41) is 0. The molecule has 0 saturated carbocycles. The molecule has 0 radical (unpaired) electrons. The molecule has 0 aliphatic carbocycles. The van der Waals surface area contributed by atoms with Crippen LogP contribution in [0.25, 0.3) is 0 Å². The van der Waals surface area contributed by atoms with Crippen molar-refractivity contribution in [2.24, 2.45) is 0 Å². The molecule has 0 rings (SSSR count). The topological polar surface area (TPSA) is 61.8 Å². The third-order valence-electron chi connectivity index (χ3n) is 9.24. The summed E-state index contributed by atoms with van der Waals surface area (Å²) in [5.41, 5.74) is 1.50. The van der Waals surface area contributed by atoms with Crippen LogP contribution in [0.2, 0.25) is 0 Å².